The van der Waals surface area contributed by atoms with E-state index in [9.17, 15) is 9.59 Å². The zero-order valence-electron chi connectivity index (χ0n) is 15.4. The van der Waals surface area contributed by atoms with Gasteiger partial charge in [-0.15, -0.1) is 11.3 Å². The normalized spacial score (nSPS) is 10.8. The van der Waals surface area contributed by atoms with Gasteiger partial charge in [-0.3, -0.25) is 15.0 Å². The fourth-order valence-electron chi connectivity index (χ4n) is 2.93. The molecule has 1 N–H and O–H groups in total. The van der Waals surface area contributed by atoms with Gasteiger partial charge in [0.25, 0.3) is 11.5 Å². The molecule has 0 saturated carbocycles. The Bertz CT molecular complexity index is 1250. The first-order chi connectivity index (χ1) is 14.0. The van der Waals surface area contributed by atoms with Crippen LogP contribution in [0.25, 0.3) is 21.3 Å². The van der Waals surface area contributed by atoms with E-state index in [1.165, 1.54) is 17.7 Å². The van der Waals surface area contributed by atoms with E-state index in [1.807, 2.05) is 42.6 Å². The van der Waals surface area contributed by atoms with Crippen molar-refractivity contribution in [2.45, 2.75) is 6.92 Å². The molecule has 146 valence electrons. The number of fused-ring (bicyclic) bond motifs is 1. The summed E-state index contributed by atoms with van der Waals surface area (Å²) in [7, 11) is 0. The molecule has 0 aliphatic rings. The van der Waals surface area contributed by atoms with E-state index >= 15 is 0 Å². The molecule has 0 spiro atoms. The Morgan fingerprint density at radius 2 is 2.03 bits per heavy atom. The van der Waals surface area contributed by atoms with Crippen molar-refractivity contribution in [2.24, 2.45) is 0 Å². The van der Waals surface area contributed by atoms with Crippen LogP contribution in [0.5, 0.6) is 5.75 Å². The number of aromatic nitrogens is 2. The van der Waals surface area contributed by atoms with Crippen LogP contribution in [0.4, 0.5) is 0 Å². The van der Waals surface area contributed by atoms with Crippen molar-refractivity contribution in [1.29, 1.82) is 0 Å². The van der Waals surface area contributed by atoms with Crippen LogP contribution in [-0.2, 0) is 4.79 Å². The Balaban J connectivity index is 1.56. The number of halogens is 1. The van der Waals surface area contributed by atoms with E-state index in [4.69, 9.17) is 16.3 Å². The molecule has 2 aromatic heterocycles. The molecule has 0 aliphatic carbocycles. The number of aryl methyl sites for hydroxylation is 1. The largest absolute Gasteiger partial charge is 0.483 e. The second-order valence-corrected chi connectivity index (χ2v) is 7.64. The first kappa shape index (κ1) is 19.2. The zero-order chi connectivity index (χ0) is 20.4. The van der Waals surface area contributed by atoms with Crippen molar-refractivity contribution in [3.05, 3.63) is 81.2 Å². The smallest absolute Gasteiger partial charge is 0.281 e. The molecule has 0 radical (unpaired) electrons. The van der Waals surface area contributed by atoms with Gasteiger partial charge in [0.2, 0.25) is 0 Å². The number of hydrogen-bond donors (Lipinski definition) is 1. The molecule has 0 saturated heterocycles. The summed E-state index contributed by atoms with van der Waals surface area (Å²) < 4.78 is 6.61. The van der Waals surface area contributed by atoms with Crippen molar-refractivity contribution in [1.82, 2.24) is 9.66 Å². The maximum absolute atomic E-state index is 12.9. The molecule has 0 unspecified atom stereocenters. The van der Waals surface area contributed by atoms with Gasteiger partial charge in [0.1, 0.15) is 16.9 Å². The molecule has 8 heteroatoms. The Kier molecular flexibility index (Phi) is 5.33. The van der Waals surface area contributed by atoms with Crippen LogP contribution in [0.3, 0.4) is 0 Å². The van der Waals surface area contributed by atoms with Gasteiger partial charge in [-0.25, -0.2) is 9.66 Å². The minimum absolute atomic E-state index is 0.248. The molecular weight excluding hydrogens is 410 g/mol. The monoisotopic (exact) mass is 425 g/mol. The number of hydrogen-bond acceptors (Lipinski definition) is 5. The molecule has 0 fully saturated rings. The highest BCUT2D eigenvalue weighted by Crippen LogP contribution is 2.30. The lowest BCUT2D eigenvalue weighted by Crippen LogP contribution is -2.35. The van der Waals surface area contributed by atoms with E-state index in [1.54, 1.807) is 18.2 Å². The molecule has 2 aromatic carbocycles. The van der Waals surface area contributed by atoms with Gasteiger partial charge in [0.05, 0.1) is 5.39 Å². The molecule has 4 rings (SSSR count). The Labute approximate surface area is 175 Å². The van der Waals surface area contributed by atoms with Crippen molar-refractivity contribution in [3.8, 4) is 16.9 Å². The van der Waals surface area contributed by atoms with Gasteiger partial charge in [0, 0.05) is 16.0 Å². The van der Waals surface area contributed by atoms with E-state index in [0.29, 0.717) is 21.0 Å². The average Bonchev–Trinajstić information content (AvgIpc) is 3.15. The second-order valence-electron chi connectivity index (χ2n) is 6.35. The Morgan fingerprint density at radius 3 is 2.79 bits per heavy atom. The lowest BCUT2D eigenvalue weighted by molar-refractivity contribution is -0.119. The van der Waals surface area contributed by atoms with E-state index in [-0.39, 0.29) is 12.2 Å². The first-order valence-electron chi connectivity index (χ1n) is 8.76. The zero-order valence-corrected chi connectivity index (χ0v) is 17.0. The summed E-state index contributed by atoms with van der Waals surface area (Å²) in [5, 5.41) is 2.96. The lowest BCUT2D eigenvalue weighted by atomic mass is 10.1. The number of amides is 1. The minimum Gasteiger partial charge on any atom is -0.483 e. The second kappa shape index (κ2) is 8.06. The minimum atomic E-state index is -0.473. The number of ether oxygens (including phenoxy) is 1. The van der Waals surface area contributed by atoms with Crippen LogP contribution in [0.15, 0.2) is 65.0 Å². The number of carbonyl (C=O) groups is 1. The van der Waals surface area contributed by atoms with Gasteiger partial charge in [0.15, 0.2) is 6.61 Å². The molecule has 4 aromatic rings. The van der Waals surface area contributed by atoms with Crippen molar-refractivity contribution in [2.75, 3.05) is 12.0 Å². The van der Waals surface area contributed by atoms with Crippen LogP contribution in [0, 0.1) is 6.92 Å². The fourth-order valence-corrected chi connectivity index (χ4v) is 4.06. The van der Waals surface area contributed by atoms with Crippen LogP contribution >= 0.6 is 22.9 Å². The highest BCUT2D eigenvalue weighted by atomic mass is 35.5. The molecule has 0 bridgehead atoms. The standard InChI is InChI=1S/C21H16ClN3O3S/c1-13-9-15(22)7-8-17(13)28-10-18(26)24-25-12-23-20-19(21(25)27)16(11-29-20)14-5-3-2-4-6-14/h2-9,11-12H,10H2,1H3,(H,24,26). The number of thiophene rings is 1. The quantitative estimate of drug-likeness (QED) is 0.519. The fraction of sp³-hybridized carbons (Fsp3) is 0.0952. The summed E-state index contributed by atoms with van der Waals surface area (Å²) in [6.45, 7) is 1.59. The number of nitrogens with one attached hydrogen (secondary N) is 1. The number of rotatable bonds is 5. The Morgan fingerprint density at radius 1 is 1.24 bits per heavy atom. The lowest BCUT2D eigenvalue weighted by Gasteiger charge is -2.11. The number of carbonyl (C=O) groups excluding carboxylic acids is 1. The number of benzene rings is 2. The molecule has 0 aliphatic heterocycles. The summed E-state index contributed by atoms with van der Waals surface area (Å²) >= 11 is 7.31. The van der Waals surface area contributed by atoms with Gasteiger partial charge in [-0.05, 0) is 36.2 Å². The summed E-state index contributed by atoms with van der Waals surface area (Å²) in [4.78, 5) is 30.2. The van der Waals surface area contributed by atoms with Crippen LogP contribution in [0.2, 0.25) is 5.02 Å². The third kappa shape index (κ3) is 4.01. The van der Waals surface area contributed by atoms with Gasteiger partial charge in [-0.1, -0.05) is 41.9 Å². The van der Waals surface area contributed by atoms with Gasteiger partial charge < -0.3 is 4.74 Å². The molecular formula is C21H16ClN3O3S. The predicted molar refractivity (Wildman–Crippen MR) is 115 cm³/mol. The molecule has 1 amide bonds. The SMILES string of the molecule is Cc1cc(Cl)ccc1OCC(=O)Nn1cnc2scc(-c3ccccc3)c2c1=O. The topological polar surface area (TPSA) is 73.2 Å². The van der Waals surface area contributed by atoms with Crippen molar-refractivity contribution in [3.63, 3.8) is 0 Å². The molecule has 0 atom stereocenters. The molecule has 29 heavy (non-hydrogen) atoms. The summed E-state index contributed by atoms with van der Waals surface area (Å²) in [5.41, 5.74) is 4.71. The number of nitrogens with zero attached hydrogens (tertiary/aromatic N) is 2. The first-order valence-corrected chi connectivity index (χ1v) is 10.0. The highest BCUT2D eigenvalue weighted by molar-refractivity contribution is 7.17. The summed E-state index contributed by atoms with van der Waals surface area (Å²) in [5.74, 6) is 0.0776. The maximum atomic E-state index is 12.9. The highest BCUT2D eigenvalue weighted by Gasteiger charge is 2.14. The van der Waals surface area contributed by atoms with Crippen LogP contribution in [-0.4, -0.2) is 22.2 Å². The summed E-state index contributed by atoms with van der Waals surface area (Å²) in [6, 6.07) is 14.7. The third-order valence-corrected chi connectivity index (χ3v) is 5.44. The van der Waals surface area contributed by atoms with E-state index < -0.39 is 5.91 Å². The average molecular weight is 426 g/mol. The van der Waals surface area contributed by atoms with Crippen molar-refractivity contribution >= 4 is 39.1 Å². The predicted octanol–water partition coefficient (Wildman–Crippen LogP) is 4.24. The van der Waals surface area contributed by atoms with Gasteiger partial charge in [-0.2, -0.15) is 0 Å². The molecule has 2 heterocycles. The summed E-state index contributed by atoms with van der Waals surface area (Å²) in [6.07, 6.45) is 1.31. The van der Waals surface area contributed by atoms with E-state index in [0.717, 1.165) is 21.4 Å². The van der Waals surface area contributed by atoms with Crippen molar-refractivity contribution < 1.29 is 9.53 Å². The van der Waals surface area contributed by atoms with Gasteiger partial charge >= 0.3 is 0 Å². The van der Waals surface area contributed by atoms with Crippen LogP contribution < -0.4 is 15.7 Å². The molecule has 6 nitrogen and oxygen atoms in total. The van der Waals surface area contributed by atoms with Crippen LogP contribution in [0.1, 0.15) is 5.56 Å². The van der Waals surface area contributed by atoms with E-state index in [2.05, 4.69) is 10.4 Å². The maximum Gasteiger partial charge on any atom is 0.281 e. The third-order valence-electron chi connectivity index (χ3n) is 4.32. The Hall–Kier alpha value is -3.16.